The van der Waals surface area contributed by atoms with Gasteiger partial charge >= 0.3 is 0 Å². The molecule has 1 fully saturated rings. The molecule has 0 spiro atoms. The van der Waals surface area contributed by atoms with Crippen molar-refractivity contribution in [2.75, 3.05) is 18.0 Å². The molecule has 1 unspecified atom stereocenters. The number of nitriles is 1. The van der Waals surface area contributed by atoms with Crippen LogP contribution >= 0.6 is 0 Å². The third-order valence-corrected chi connectivity index (χ3v) is 5.84. The fraction of sp³-hybridized carbons (Fsp3) is 0.304. The Morgan fingerprint density at radius 3 is 2.93 bits per heavy atom. The van der Waals surface area contributed by atoms with E-state index in [2.05, 4.69) is 56.5 Å². The van der Waals surface area contributed by atoms with E-state index in [1.807, 2.05) is 24.4 Å². The van der Waals surface area contributed by atoms with Crippen molar-refractivity contribution in [1.29, 1.82) is 5.26 Å². The van der Waals surface area contributed by atoms with E-state index in [1.165, 1.54) is 5.56 Å². The lowest BCUT2D eigenvalue weighted by molar-refractivity contribution is 0.489. The molecule has 144 valence electrons. The number of rotatable bonds is 2. The minimum atomic E-state index is 0.266. The second kappa shape index (κ2) is 6.85. The van der Waals surface area contributed by atoms with Crippen LogP contribution in [0.3, 0.4) is 0 Å². The molecule has 0 amide bonds. The minimum Gasteiger partial charge on any atom is -0.369 e. The van der Waals surface area contributed by atoms with Crippen molar-refractivity contribution in [2.24, 2.45) is 0 Å². The van der Waals surface area contributed by atoms with Crippen molar-refractivity contribution < 1.29 is 0 Å². The Labute approximate surface area is 169 Å². The van der Waals surface area contributed by atoms with Crippen LogP contribution in [0.25, 0.3) is 16.6 Å². The van der Waals surface area contributed by atoms with E-state index in [4.69, 9.17) is 0 Å². The summed E-state index contributed by atoms with van der Waals surface area (Å²) >= 11 is 0. The molecule has 1 atom stereocenters. The first-order valence-corrected chi connectivity index (χ1v) is 10.0. The maximum absolute atomic E-state index is 9.80. The van der Waals surface area contributed by atoms with E-state index in [1.54, 1.807) is 6.20 Å². The van der Waals surface area contributed by atoms with Crippen LogP contribution in [-0.4, -0.2) is 32.7 Å². The summed E-state index contributed by atoms with van der Waals surface area (Å²) in [7, 11) is 0. The van der Waals surface area contributed by atoms with Gasteiger partial charge in [0.2, 0.25) is 0 Å². The summed E-state index contributed by atoms with van der Waals surface area (Å²) in [5.74, 6) is 1.26. The Hall–Kier alpha value is -3.46. The van der Waals surface area contributed by atoms with Gasteiger partial charge in [-0.3, -0.25) is 9.38 Å². The highest BCUT2D eigenvalue weighted by atomic mass is 15.3. The Morgan fingerprint density at radius 2 is 2.07 bits per heavy atom. The molecule has 6 nitrogen and oxygen atoms in total. The number of piperidine rings is 1. The Morgan fingerprint density at radius 1 is 1.17 bits per heavy atom. The van der Waals surface area contributed by atoms with Gasteiger partial charge in [-0.15, -0.1) is 10.2 Å². The van der Waals surface area contributed by atoms with Crippen LogP contribution in [0, 0.1) is 25.2 Å². The molecule has 0 radical (unpaired) electrons. The van der Waals surface area contributed by atoms with Crippen molar-refractivity contribution in [2.45, 2.75) is 32.6 Å². The van der Waals surface area contributed by atoms with Gasteiger partial charge in [-0.1, -0.05) is 17.7 Å². The monoisotopic (exact) mass is 382 g/mol. The van der Waals surface area contributed by atoms with Crippen molar-refractivity contribution in [1.82, 2.24) is 19.6 Å². The smallest absolute Gasteiger partial charge is 0.160 e. The molecule has 5 rings (SSSR count). The Bertz CT molecular complexity index is 1270. The number of hydrogen-bond acceptors (Lipinski definition) is 5. The normalized spacial score (nSPS) is 17.0. The number of fused-ring (bicyclic) bond motifs is 2. The van der Waals surface area contributed by atoms with Crippen LogP contribution in [0.1, 0.15) is 41.3 Å². The molecular weight excluding hydrogens is 360 g/mol. The van der Waals surface area contributed by atoms with Crippen LogP contribution in [0.15, 0.2) is 42.7 Å². The molecule has 1 aliphatic rings. The largest absolute Gasteiger partial charge is 0.369 e. The quantitative estimate of drug-likeness (QED) is 0.521. The van der Waals surface area contributed by atoms with Gasteiger partial charge in [-0.05, 0) is 50.5 Å². The van der Waals surface area contributed by atoms with E-state index < -0.39 is 0 Å². The van der Waals surface area contributed by atoms with Gasteiger partial charge in [0.1, 0.15) is 11.9 Å². The second-order valence-electron chi connectivity index (χ2n) is 7.88. The van der Waals surface area contributed by atoms with E-state index >= 15 is 0 Å². The molecule has 4 heterocycles. The van der Waals surface area contributed by atoms with Crippen molar-refractivity contribution >= 4 is 22.2 Å². The zero-order valence-corrected chi connectivity index (χ0v) is 16.6. The molecule has 0 N–H and O–H groups in total. The van der Waals surface area contributed by atoms with Crippen LogP contribution in [0.4, 0.5) is 5.69 Å². The van der Waals surface area contributed by atoms with E-state index in [9.17, 15) is 5.26 Å². The fourth-order valence-electron chi connectivity index (χ4n) is 4.60. The first-order valence-electron chi connectivity index (χ1n) is 10.0. The lowest BCUT2D eigenvalue weighted by atomic mass is 9.95. The minimum absolute atomic E-state index is 0.266. The molecule has 4 aromatic rings. The number of nitrogens with zero attached hydrogens (tertiary/aromatic N) is 6. The predicted octanol–water partition coefficient (Wildman–Crippen LogP) is 4.15. The molecule has 3 aromatic heterocycles. The van der Waals surface area contributed by atoms with Gasteiger partial charge < -0.3 is 4.90 Å². The number of aryl methyl sites for hydroxylation is 2. The summed E-state index contributed by atoms with van der Waals surface area (Å²) in [6, 6.07) is 12.6. The van der Waals surface area contributed by atoms with Crippen molar-refractivity contribution in [3.05, 3.63) is 65.2 Å². The van der Waals surface area contributed by atoms with E-state index in [0.29, 0.717) is 5.56 Å². The lowest BCUT2D eigenvalue weighted by Gasteiger charge is -2.35. The zero-order chi connectivity index (χ0) is 20.0. The summed E-state index contributed by atoms with van der Waals surface area (Å²) < 4.78 is 2.08. The van der Waals surface area contributed by atoms with E-state index in [0.717, 1.165) is 59.6 Å². The van der Waals surface area contributed by atoms with Gasteiger partial charge in [0.05, 0.1) is 16.8 Å². The number of pyridine rings is 2. The number of anilines is 1. The SMILES string of the molecule is Cc1cc(C)c2ncc(C#N)c(N3CCCC(c4nnc5ccccn45)C3)c2c1. The number of hydrogen-bond donors (Lipinski definition) is 0. The first-order chi connectivity index (χ1) is 14.2. The van der Waals surface area contributed by atoms with Gasteiger partial charge in [-0.25, -0.2) is 0 Å². The standard InChI is InChI=1S/C23H22N6/c1-15-10-16(2)21-19(11-15)22(18(12-24)13-25-21)28-8-5-6-17(14-28)23-27-26-20-7-3-4-9-29(20)23/h3-4,7,9-11,13,17H,5-6,8,14H2,1-2H3. The molecule has 0 bridgehead atoms. The van der Waals surface area contributed by atoms with Crippen molar-refractivity contribution in [3.8, 4) is 6.07 Å². The van der Waals surface area contributed by atoms with E-state index in [-0.39, 0.29) is 5.92 Å². The van der Waals surface area contributed by atoms with Gasteiger partial charge in [0.25, 0.3) is 0 Å². The maximum Gasteiger partial charge on any atom is 0.160 e. The van der Waals surface area contributed by atoms with Crippen LogP contribution < -0.4 is 4.90 Å². The Kier molecular flexibility index (Phi) is 4.17. The Balaban J connectivity index is 1.61. The van der Waals surface area contributed by atoms with Crippen molar-refractivity contribution in [3.63, 3.8) is 0 Å². The number of benzene rings is 1. The molecular formula is C23H22N6. The van der Waals surface area contributed by atoms with Crippen LogP contribution in [0.2, 0.25) is 0 Å². The highest BCUT2D eigenvalue weighted by Gasteiger charge is 2.28. The lowest BCUT2D eigenvalue weighted by Crippen LogP contribution is -2.35. The van der Waals surface area contributed by atoms with Gasteiger partial charge in [0.15, 0.2) is 5.65 Å². The second-order valence-corrected chi connectivity index (χ2v) is 7.88. The third-order valence-electron chi connectivity index (χ3n) is 5.84. The summed E-state index contributed by atoms with van der Waals surface area (Å²) in [5.41, 5.74) is 5.81. The highest BCUT2D eigenvalue weighted by Crippen LogP contribution is 2.36. The summed E-state index contributed by atoms with van der Waals surface area (Å²) in [4.78, 5) is 6.93. The van der Waals surface area contributed by atoms with Crippen LogP contribution in [0.5, 0.6) is 0 Å². The molecule has 1 aromatic carbocycles. The molecule has 1 aliphatic heterocycles. The molecule has 29 heavy (non-hydrogen) atoms. The third kappa shape index (κ3) is 2.90. The first kappa shape index (κ1) is 17.6. The molecule has 6 heteroatoms. The molecule has 0 saturated carbocycles. The molecule has 0 aliphatic carbocycles. The maximum atomic E-state index is 9.80. The molecule has 1 saturated heterocycles. The van der Waals surface area contributed by atoms with Gasteiger partial charge in [-0.2, -0.15) is 5.26 Å². The van der Waals surface area contributed by atoms with Gasteiger partial charge in [0, 0.05) is 36.8 Å². The number of aromatic nitrogens is 4. The fourth-order valence-corrected chi connectivity index (χ4v) is 4.60. The predicted molar refractivity (Wildman–Crippen MR) is 113 cm³/mol. The summed E-state index contributed by atoms with van der Waals surface area (Å²) in [5, 5.41) is 19.7. The summed E-state index contributed by atoms with van der Waals surface area (Å²) in [6.45, 7) is 5.92. The summed E-state index contributed by atoms with van der Waals surface area (Å²) in [6.07, 6.45) is 5.86. The zero-order valence-electron chi connectivity index (χ0n) is 16.6. The average molecular weight is 382 g/mol. The average Bonchev–Trinajstić information content (AvgIpc) is 3.17. The topological polar surface area (TPSA) is 70.1 Å². The van der Waals surface area contributed by atoms with Crippen LogP contribution in [-0.2, 0) is 0 Å². The highest BCUT2D eigenvalue weighted by molar-refractivity contribution is 5.96.